The van der Waals surface area contributed by atoms with Crippen LogP contribution in [0.3, 0.4) is 0 Å². The fraction of sp³-hybridized carbons (Fsp3) is 0.536. The highest BCUT2D eigenvalue weighted by Crippen LogP contribution is 2.40. The van der Waals surface area contributed by atoms with Crippen LogP contribution in [0, 0.1) is 35.9 Å². The number of hydrogen-bond donors (Lipinski definition) is 1. The Morgan fingerprint density at radius 2 is 2.05 bits per heavy atom. The average molecular weight is 509 g/mol. The maximum Gasteiger partial charge on any atom is 0.410 e. The van der Waals surface area contributed by atoms with Gasteiger partial charge in [0.1, 0.15) is 17.2 Å². The predicted octanol–water partition coefficient (Wildman–Crippen LogP) is 4.86. The number of carbonyl (C=O) groups excluding carboxylic acids is 1. The third-order valence-corrected chi connectivity index (χ3v) is 7.75. The zero-order valence-electron chi connectivity index (χ0n) is 21.6. The number of hydrogen-bond acceptors (Lipinski definition) is 7. The SMILES string of the molecule is CCc1cnc(Nc2ccc(C#N)cc2F)c(C)c1COC1C2COCC1CN(C(=O)OC1(C)CC1)C2. The van der Waals surface area contributed by atoms with E-state index in [1.54, 1.807) is 18.3 Å². The molecular weight excluding hydrogens is 475 g/mol. The summed E-state index contributed by atoms with van der Waals surface area (Å²) in [6.07, 6.45) is 4.17. The molecule has 1 saturated carbocycles. The molecule has 0 spiro atoms. The molecule has 2 aliphatic heterocycles. The molecule has 1 N–H and O–H groups in total. The van der Waals surface area contributed by atoms with Crippen molar-refractivity contribution in [2.75, 3.05) is 31.6 Å². The molecule has 1 aliphatic carbocycles. The average Bonchev–Trinajstić information content (AvgIpc) is 3.60. The number of rotatable bonds is 7. The van der Waals surface area contributed by atoms with Crippen LogP contribution in [0.1, 0.15) is 48.9 Å². The van der Waals surface area contributed by atoms with Crippen LogP contribution in [0.15, 0.2) is 24.4 Å². The smallest absolute Gasteiger partial charge is 0.410 e. The van der Waals surface area contributed by atoms with E-state index in [4.69, 9.17) is 19.5 Å². The number of anilines is 2. The molecule has 5 rings (SSSR count). The summed E-state index contributed by atoms with van der Waals surface area (Å²) in [6, 6.07) is 6.26. The van der Waals surface area contributed by atoms with Crippen LogP contribution in [0.25, 0.3) is 0 Å². The predicted molar refractivity (Wildman–Crippen MR) is 135 cm³/mol. The van der Waals surface area contributed by atoms with Crippen LogP contribution in [0.4, 0.5) is 20.7 Å². The first-order chi connectivity index (χ1) is 17.8. The Balaban J connectivity index is 1.29. The molecule has 3 fully saturated rings. The number of benzene rings is 1. The number of pyridine rings is 1. The van der Waals surface area contributed by atoms with E-state index in [2.05, 4.69) is 17.2 Å². The van der Waals surface area contributed by atoms with Crippen LogP contribution in [0.2, 0.25) is 0 Å². The van der Waals surface area contributed by atoms with E-state index in [1.807, 2.05) is 24.8 Å². The summed E-state index contributed by atoms with van der Waals surface area (Å²) in [5.41, 5.74) is 3.22. The lowest BCUT2D eigenvalue weighted by Gasteiger charge is -2.46. The van der Waals surface area contributed by atoms with Crippen molar-refractivity contribution in [2.24, 2.45) is 11.8 Å². The van der Waals surface area contributed by atoms with E-state index < -0.39 is 5.82 Å². The first-order valence-electron chi connectivity index (χ1n) is 12.9. The van der Waals surface area contributed by atoms with Gasteiger partial charge in [0.15, 0.2) is 0 Å². The lowest BCUT2D eigenvalue weighted by molar-refractivity contribution is -0.151. The molecule has 2 bridgehead atoms. The first-order valence-corrected chi connectivity index (χ1v) is 12.9. The third kappa shape index (κ3) is 5.41. The van der Waals surface area contributed by atoms with Gasteiger partial charge in [0.05, 0.1) is 43.2 Å². The quantitative estimate of drug-likeness (QED) is 0.571. The molecule has 1 amide bonds. The van der Waals surface area contributed by atoms with Crippen molar-refractivity contribution in [2.45, 2.75) is 58.3 Å². The molecule has 9 heteroatoms. The minimum atomic E-state index is -0.508. The summed E-state index contributed by atoms with van der Waals surface area (Å²) >= 11 is 0. The fourth-order valence-electron chi connectivity index (χ4n) is 5.20. The molecule has 1 aromatic carbocycles. The molecule has 3 aliphatic rings. The van der Waals surface area contributed by atoms with Gasteiger partial charge in [-0.25, -0.2) is 14.2 Å². The van der Waals surface area contributed by atoms with Crippen molar-refractivity contribution in [3.8, 4) is 6.07 Å². The normalized spacial score (nSPS) is 23.8. The van der Waals surface area contributed by atoms with Gasteiger partial charge in [-0.05, 0) is 68.0 Å². The number of fused-ring (bicyclic) bond motifs is 2. The molecule has 37 heavy (non-hydrogen) atoms. The molecular formula is C28H33FN4O4. The Labute approximate surface area is 216 Å². The van der Waals surface area contributed by atoms with E-state index >= 15 is 0 Å². The molecule has 1 aromatic heterocycles. The summed E-state index contributed by atoms with van der Waals surface area (Å²) in [4.78, 5) is 19.0. The summed E-state index contributed by atoms with van der Waals surface area (Å²) in [5, 5.41) is 12.1. The second kappa shape index (κ2) is 10.3. The van der Waals surface area contributed by atoms with E-state index in [-0.39, 0.29) is 40.9 Å². The Kier molecular flexibility index (Phi) is 7.06. The summed E-state index contributed by atoms with van der Waals surface area (Å²) in [6.45, 7) is 8.59. The molecule has 8 nitrogen and oxygen atoms in total. The van der Waals surface area contributed by atoms with Gasteiger partial charge in [-0.3, -0.25) is 0 Å². The largest absolute Gasteiger partial charge is 0.443 e. The molecule has 2 unspecified atom stereocenters. The minimum absolute atomic E-state index is 0.0287. The van der Waals surface area contributed by atoms with Crippen LogP contribution in [-0.2, 0) is 27.2 Å². The number of amides is 1. The zero-order chi connectivity index (χ0) is 26.2. The number of ether oxygens (including phenoxy) is 3. The maximum absolute atomic E-state index is 14.5. The van der Waals surface area contributed by atoms with E-state index in [0.717, 1.165) is 36.0 Å². The van der Waals surface area contributed by atoms with Crippen molar-refractivity contribution < 1.29 is 23.4 Å². The first kappa shape index (κ1) is 25.4. The number of likely N-dealkylation sites (tertiary alicyclic amines) is 1. The van der Waals surface area contributed by atoms with E-state index in [1.165, 1.54) is 6.07 Å². The van der Waals surface area contributed by atoms with Gasteiger partial charge < -0.3 is 24.4 Å². The van der Waals surface area contributed by atoms with Gasteiger partial charge in [0.2, 0.25) is 0 Å². The fourth-order valence-corrected chi connectivity index (χ4v) is 5.20. The summed E-state index contributed by atoms with van der Waals surface area (Å²) in [5.74, 6) is 0.190. The molecule has 0 radical (unpaired) electrons. The molecule has 196 valence electrons. The van der Waals surface area contributed by atoms with Crippen molar-refractivity contribution >= 4 is 17.6 Å². The van der Waals surface area contributed by atoms with Crippen LogP contribution in [0.5, 0.6) is 0 Å². The summed E-state index contributed by atoms with van der Waals surface area (Å²) in [7, 11) is 0. The Morgan fingerprint density at radius 3 is 2.68 bits per heavy atom. The number of carbonyl (C=O) groups is 1. The van der Waals surface area contributed by atoms with Gasteiger partial charge >= 0.3 is 6.09 Å². The number of aromatic nitrogens is 1. The van der Waals surface area contributed by atoms with Crippen LogP contribution in [-0.4, -0.2) is 54.0 Å². The Bertz CT molecular complexity index is 1210. The molecule has 2 aromatic rings. The van der Waals surface area contributed by atoms with Gasteiger partial charge in [-0.15, -0.1) is 0 Å². The van der Waals surface area contributed by atoms with Crippen molar-refractivity contribution in [3.63, 3.8) is 0 Å². The minimum Gasteiger partial charge on any atom is -0.443 e. The van der Waals surface area contributed by atoms with E-state index in [9.17, 15) is 9.18 Å². The maximum atomic E-state index is 14.5. The number of nitrogens with one attached hydrogen (secondary N) is 1. The standard InChI is InChI=1S/C28H33FN4O4/c1-4-19-11-31-26(32-24-6-5-18(10-30)9-23(24)29)17(2)22(19)16-36-25-20-12-33(13-21(25)15-35-14-20)27(34)37-28(3)7-8-28/h5-6,9,11,20-21,25H,4,7-8,12-16H2,1-3H3,(H,31,32). The van der Waals surface area contributed by atoms with Gasteiger partial charge in [0.25, 0.3) is 0 Å². The van der Waals surface area contributed by atoms with Crippen molar-refractivity contribution in [1.29, 1.82) is 5.26 Å². The topological polar surface area (TPSA) is 96.7 Å². The highest BCUT2D eigenvalue weighted by molar-refractivity contribution is 5.69. The van der Waals surface area contributed by atoms with Crippen LogP contribution >= 0.6 is 0 Å². The Morgan fingerprint density at radius 1 is 1.32 bits per heavy atom. The second-order valence-electron chi connectivity index (χ2n) is 10.6. The van der Waals surface area contributed by atoms with Gasteiger partial charge in [0, 0.05) is 31.1 Å². The van der Waals surface area contributed by atoms with Gasteiger partial charge in [-0.1, -0.05) is 6.92 Å². The van der Waals surface area contributed by atoms with Crippen molar-refractivity contribution in [3.05, 3.63) is 52.5 Å². The van der Waals surface area contributed by atoms with Crippen molar-refractivity contribution in [1.82, 2.24) is 9.88 Å². The van der Waals surface area contributed by atoms with E-state index in [0.29, 0.717) is 38.7 Å². The molecule has 3 heterocycles. The number of halogens is 1. The number of nitrogens with zero attached hydrogens (tertiary/aromatic N) is 3. The lowest BCUT2D eigenvalue weighted by atomic mass is 9.84. The number of aryl methyl sites for hydroxylation is 1. The number of nitriles is 1. The second-order valence-corrected chi connectivity index (χ2v) is 10.6. The molecule has 2 saturated heterocycles. The zero-order valence-corrected chi connectivity index (χ0v) is 21.6. The van der Waals surface area contributed by atoms with Crippen LogP contribution < -0.4 is 5.32 Å². The summed E-state index contributed by atoms with van der Waals surface area (Å²) < 4.78 is 32.5. The Hall–Kier alpha value is -3.22. The highest BCUT2D eigenvalue weighted by Gasteiger charge is 2.46. The highest BCUT2D eigenvalue weighted by atomic mass is 19.1. The number of piperidine rings is 1. The monoisotopic (exact) mass is 508 g/mol. The third-order valence-electron chi connectivity index (χ3n) is 7.75. The molecule has 2 atom stereocenters. The lowest BCUT2D eigenvalue weighted by Crippen LogP contribution is -2.57. The van der Waals surface area contributed by atoms with Gasteiger partial charge in [-0.2, -0.15) is 5.26 Å².